The number of carbonyl (C=O) groups is 1. The van der Waals surface area contributed by atoms with Crippen LogP contribution >= 0.6 is 35.0 Å². The smallest absolute Gasteiger partial charge is 0.228 e. The van der Waals surface area contributed by atoms with Crippen LogP contribution in [-0.4, -0.2) is 17.1 Å². The maximum Gasteiger partial charge on any atom is 0.228 e. The van der Waals surface area contributed by atoms with Gasteiger partial charge in [-0.25, -0.2) is 4.98 Å². The van der Waals surface area contributed by atoms with Gasteiger partial charge in [0.1, 0.15) is 0 Å². The lowest BCUT2D eigenvalue weighted by molar-refractivity contribution is -0.115. The number of aromatic nitrogens is 1. The first-order chi connectivity index (χ1) is 9.58. The van der Waals surface area contributed by atoms with E-state index in [1.807, 2.05) is 18.4 Å². The van der Waals surface area contributed by atoms with E-state index in [4.69, 9.17) is 23.2 Å². The van der Waals surface area contributed by atoms with Gasteiger partial charge in [-0.1, -0.05) is 29.3 Å². The number of rotatable bonds is 4. The molecule has 104 valence electrons. The van der Waals surface area contributed by atoms with E-state index < -0.39 is 0 Å². The number of pyridine rings is 1. The van der Waals surface area contributed by atoms with Crippen LogP contribution in [0.15, 0.2) is 41.6 Å². The summed E-state index contributed by atoms with van der Waals surface area (Å²) in [6, 6.07) is 8.84. The molecule has 2 rings (SSSR count). The highest BCUT2D eigenvalue weighted by atomic mass is 35.5. The molecule has 0 saturated carbocycles. The maximum absolute atomic E-state index is 11.9. The van der Waals surface area contributed by atoms with Crippen LogP contribution in [0.4, 0.5) is 5.69 Å². The molecule has 6 heteroatoms. The van der Waals surface area contributed by atoms with Gasteiger partial charge in [0.25, 0.3) is 0 Å². The van der Waals surface area contributed by atoms with E-state index in [-0.39, 0.29) is 12.3 Å². The summed E-state index contributed by atoms with van der Waals surface area (Å²) in [4.78, 5) is 16.1. The van der Waals surface area contributed by atoms with Gasteiger partial charge in [0, 0.05) is 0 Å². The van der Waals surface area contributed by atoms with Gasteiger partial charge in [-0.05, 0) is 36.1 Å². The summed E-state index contributed by atoms with van der Waals surface area (Å²) in [5.41, 5.74) is 1.48. The van der Waals surface area contributed by atoms with Gasteiger partial charge < -0.3 is 5.32 Å². The zero-order valence-corrected chi connectivity index (χ0v) is 13.0. The molecule has 1 N–H and O–H groups in total. The summed E-state index contributed by atoms with van der Waals surface area (Å²) in [7, 11) is 0. The zero-order valence-electron chi connectivity index (χ0n) is 10.7. The van der Waals surface area contributed by atoms with Crippen LogP contribution in [0.2, 0.25) is 10.0 Å². The average Bonchev–Trinajstić information content (AvgIpc) is 2.44. The third kappa shape index (κ3) is 4.13. The SMILES string of the molecule is CSc1ccc(NC(=O)Cc2ccc(Cl)c(Cl)c2)cn1. The van der Waals surface area contributed by atoms with E-state index in [2.05, 4.69) is 10.3 Å². The van der Waals surface area contributed by atoms with Crippen molar-refractivity contribution in [1.29, 1.82) is 0 Å². The van der Waals surface area contributed by atoms with E-state index in [1.165, 1.54) is 0 Å². The number of nitrogens with one attached hydrogen (secondary N) is 1. The molecule has 0 aliphatic heterocycles. The molecule has 0 radical (unpaired) electrons. The first kappa shape index (κ1) is 15.2. The molecule has 0 spiro atoms. The third-order valence-corrected chi connectivity index (χ3v) is 3.98. The first-order valence-electron chi connectivity index (χ1n) is 5.82. The van der Waals surface area contributed by atoms with E-state index >= 15 is 0 Å². The summed E-state index contributed by atoms with van der Waals surface area (Å²) < 4.78 is 0. The van der Waals surface area contributed by atoms with Crippen LogP contribution in [0.5, 0.6) is 0 Å². The van der Waals surface area contributed by atoms with Crippen molar-refractivity contribution < 1.29 is 4.79 Å². The van der Waals surface area contributed by atoms with Gasteiger partial charge in [0.05, 0.1) is 33.4 Å². The Balaban J connectivity index is 1.99. The number of benzene rings is 1. The fraction of sp³-hybridized carbons (Fsp3) is 0.143. The molecule has 0 saturated heterocycles. The average molecular weight is 327 g/mol. The number of hydrogen-bond donors (Lipinski definition) is 1. The molecule has 0 unspecified atom stereocenters. The largest absolute Gasteiger partial charge is 0.324 e. The molecule has 20 heavy (non-hydrogen) atoms. The molecule has 1 amide bonds. The minimum absolute atomic E-state index is 0.123. The van der Waals surface area contributed by atoms with Gasteiger partial charge in [-0.3, -0.25) is 4.79 Å². The second-order valence-corrected chi connectivity index (χ2v) is 5.70. The lowest BCUT2D eigenvalue weighted by Crippen LogP contribution is -2.14. The summed E-state index contributed by atoms with van der Waals surface area (Å²) in [5, 5.41) is 4.63. The van der Waals surface area contributed by atoms with E-state index in [9.17, 15) is 4.79 Å². The van der Waals surface area contributed by atoms with E-state index in [1.54, 1.807) is 36.2 Å². The minimum Gasteiger partial charge on any atom is -0.324 e. The Morgan fingerprint density at radius 2 is 2.05 bits per heavy atom. The minimum atomic E-state index is -0.123. The van der Waals surface area contributed by atoms with Gasteiger partial charge in [-0.15, -0.1) is 11.8 Å². The molecule has 3 nitrogen and oxygen atoms in total. The van der Waals surface area contributed by atoms with Crippen molar-refractivity contribution in [2.24, 2.45) is 0 Å². The summed E-state index contributed by atoms with van der Waals surface area (Å²) in [6.07, 6.45) is 3.82. The third-order valence-electron chi connectivity index (χ3n) is 2.58. The quantitative estimate of drug-likeness (QED) is 0.852. The molecule has 1 heterocycles. The Hall–Kier alpha value is -1.23. The number of hydrogen-bond acceptors (Lipinski definition) is 3. The number of amides is 1. The fourth-order valence-electron chi connectivity index (χ4n) is 1.62. The molecule has 1 aromatic heterocycles. The number of anilines is 1. The van der Waals surface area contributed by atoms with Crippen molar-refractivity contribution in [3.63, 3.8) is 0 Å². The Bertz CT molecular complexity index is 617. The molecule has 0 atom stereocenters. The van der Waals surface area contributed by atoms with Crippen molar-refractivity contribution in [2.75, 3.05) is 11.6 Å². The molecule has 2 aromatic rings. The van der Waals surface area contributed by atoms with Crippen molar-refractivity contribution in [3.05, 3.63) is 52.1 Å². The van der Waals surface area contributed by atoms with E-state index in [0.717, 1.165) is 10.6 Å². The number of carbonyl (C=O) groups excluding carboxylic acids is 1. The molecular weight excluding hydrogens is 315 g/mol. The monoisotopic (exact) mass is 326 g/mol. The summed E-state index contributed by atoms with van der Waals surface area (Å²) in [6.45, 7) is 0. The van der Waals surface area contributed by atoms with Gasteiger partial charge in [0.15, 0.2) is 0 Å². The second-order valence-electron chi connectivity index (χ2n) is 4.06. The van der Waals surface area contributed by atoms with Gasteiger partial charge in [0.2, 0.25) is 5.91 Å². The number of halogens is 2. The Morgan fingerprint density at radius 1 is 1.25 bits per heavy atom. The van der Waals surface area contributed by atoms with Crippen molar-refractivity contribution in [1.82, 2.24) is 4.98 Å². The molecule has 0 bridgehead atoms. The van der Waals surface area contributed by atoms with Crippen molar-refractivity contribution in [2.45, 2.75) is 11.4 Å². The van der Waals surface area contributed by atoms with E-state index in [0.29, 0.717) is 15.7 Å². The molecule has 0 aliphatic carbocycles. The van der Waals surface area contributed by atoms with Crippen molar-refractivity contribution in [3.8, 4) is 0 Å². The molecule has 0 fully saturated rings. The summed E-state index contributed by atoms with van der Waals surface area (Å²) in [5.74, 6) is -0.123. The predicted molar refractivity (Wildman–Crippen MR) is 84.8 cm³/mol. The van der Waals surface area contributed by atoms with Gasteiger partial charge >= 0.3 is 0 Å². The first-order valence-corrected chi connectivity index (χ1v) is 7.80. The Kier molecular flexibility index (Phi) is 5.29. The highest BCUT2D eigenvalue weighted by Crippen LogP contribution is 2.23. The van der Waals surface area contributed by atoms with Crippen molar-refractivity contribution >= 4 is 46.6 Å². The Labute approximate surface area is 131 Å². The van der Waals surface area contributed by atoms with Crippen LogP contribution in [0.1, 0.15) is 5.56 Å². The molecule has 1 aromatic carbocycles. The lowest BCUT2D eigenvalue weighted by Gasteiger charge is -2.06. The molecular formula is C14H12Cl2N2OS. The molecule has 0 aliphatic rings. The topological polar surface area (TPSA) is 42.0 Å². The number of nitrogens with zero attached hydrogens (tertiary/aromatic N) is 1. The standard InChI is InChI=1S/C14H12Cl2N2OS/c1-20-14-5-3-10(8-17-14)18-13(19)7-9-2-4-11(15)12(16)6-9/h2-6,8H,7H2,1H3,(H,18,19). The normalized spacial score (nSPS) is 10.3. The van der Waals surface area contributed by atoms with Crippen LogP contribution in [0, 0.1) is 0 Å². The van der Waals surface area contributed by atoms with Crippen LogP contribution in [0.3, 0.4) is 0 Å². The highest BCUT2D eigenvalue weighted by Gasteiger charge is 2.06. The van der Waals surface area contributed by atoms with Crippen LogP contribution in [-0.2, 0) is 11.2 Å². The van der Waals surface area contributed by atoms with Gasteiger partial charge in [-0.2, -0.15) is 0 Å². The summed E-state index contributed by atoms with van der Waals surface area (Å²) >= 11 is 13.3. The second kappa shape index (κ2) is 6.97. The van der Waals surface area contributed by atoms with Crippen LogP contribution < -0.4 is 5.32 Å². The Morgan fingerprint density at radius 3 is 2.65 bits per heavy atom. The lowest BCUT2D eigenvalue weighted by atomic mass is 10.1. The zero-order chi connectivity index (χ0) is 14.5. The highest BCUT2D eigenvalue weighted by molar-refractivity contribution is 7.98. The maximum atomic E-state index is 11.9. The number of thioether (sulfide) groups is 1. The predicted octanol–water partition coefficient (Wildman–Crippen LogP) is 4.29. The van der Waals surface area contributed by atoms with Crippen LogP contribution in [0.25, 0.3) is 0 Å². The fourth-order valence-corrected chi connectivity index (χ4v) is 2.30.